The van der Waals surface area contributed by atoms with E-state index in [1.54, 1.807) is 0 Å². The smallest absolute Gasteiger partial charge is 0.335 e. The molecule has 0 spiro atoms. The number of hydrogen-bond donors (Lipinski definition) is 2. The van der Waals surface area contributed by atoms with Gasteiger partial charge in [-0.3, -0.25) is 0 Å². The van der Waals surface area contributed by atoms with Gasteiger partial charge in [0.25, 0.3) is 0 Å². The highest BCUT2D eigenvalue weighted by Gasteiger charge is 2.28. The molecule has 0 aliphatic carbocycles. The number of carboxylic acids is 1. The molecule has 0 heterocycles. The van der Waals surface area contributed by atoms with Crippen molar-refractivity contribution in [2.75, 3.05) is 20.2 Å². The van der Waals surface area contributed by atoms with Gasteiger partial charge >= 0.3 is 5.97 Å². The van der Waals surface area contributed by atoms with Crippen molar-refractivity contribution in [2.24, 2.45) is 0 Å². The number of rotatable bonds is 5. The first kappa shape index (κ1) is 15.5. The van der Waals surface area contributed by atoms with E-state index >= 15 is 0 Å². The standard InChI is InChI=1S/C10H11F2NO5S/c1-13(2-3-14)19(17,18)8-5-6(10(15)16)4-7(11)9(8)12/h4-5,14H,2-3H2,1H3,(H,15,16). The van der Waals surface area contributed by atoms with Crippen LogP contribution in [-0.2, 0) is 10.0 Å². The van der Waals surface area contributed by atoms with Gasteiger partial charge < -0.3 is 10.2 Å². The number of carboxylic acid groups (broad SMARTS) is 1. The van der Waals surface area contributed by atoms with Gasteiger partial charge in [-0.1, -0.05) is 0 Å². The number of aliphatic hydroxyl groups is 1. The lowest BCUT2D eigenvalue weighted by atomic mass is 10.2. The lowest BCUT2D eigenvalue weighted by molar-refractivity contribution is 0.0696. The summed E-state index contributed by atoms with van der Waals surface area (Å²) in [6, 6.07) is 0.923. The van der Waals surface area contributed by atoms with Crippen molar-refractivity contribution in [3.8, 4) is 0 Å². The van der Waals surface area contributed by atoms with E-state index in [1.807, 2.05) is 0 Å². The van der Waals surface area contributed by atoms with Crippen molar-refractivity contribution in [3.05, 3.63) is 29.3 Å². The molecule has 2 N–H and O–H groups in total. The van der Waals surface area contributed by atoms with Gasteiger partial charge in [0, 0.05) is 13.6 Å². The predicted octanol–water partition coefficient (Wildman–Crippen LogP) is 0.276. The molecule has 0 aliphatic heterocycles. The minimum absolute atomic E-state index is 0.333. The molecule has 0 atom stereocenters. The molecular weight excluding hydrogens is 284 g/mol. The number of carbonyl (C=O) groups is 1. The van der Waals surface area contributed by atoms with Crippen LogP contribution in [0.15, 0.2) is 17.0 Å². The van der Waals surface area contributed by atoms with E-state index < -0.39 is 44.7 Å². The number of aromatic carboxylic acids is 1. The molecule has 0 amide bonds. The first-order chi connectivity index (χ1) is 8.71. The van der Waals surface area contributed by atoms with Crippen molar-refractivity contribution in [3.63, 3.8) is 0 Å². The summed E-state index contributed by atoms with van der Waals surface area (Å²) in [5.74, 6) is -4.81. The Morgan fingerprint density at radius 1 is 1.37 bits per heavy atom. The van der Waals surface area contributed by atoms with Crippen LogP contribution in [0.5, 0.6) is 0 Å². The van der Waals surface area contributed by atoms with E-state index in [4.69, 9.17) is 10.2 Å². The summed E-state index contributed by atoms with van der Waals surface area (Å²) >= 11 is 0. The Morgan fingerprint density at radius 2 is 1.95 bits per heavy atom. The number of hydrogen-bond acceptors (Lipinski definition) is 4. The van der Waals surface area contributed by atoms with E-state index in [0.29, 0.717) is 16.4 Å². The molecule has 9 heteroatoms. The SMILES string of the molecule is CN(CCO)S(=O)(=O)c1cc(C(=O)O)cc(F)c1F. The maximum absolute atomic E-state index is 13.5. The zero-order chi connectivity index (χ0) is 14.8. The zero-order valence-electron chi connectivity index (χ0n) is 9.80. The van der Waals surface area contributed by atoms with Gasteiger partial charge in [0.2, 0.25) is 10.0 Å². The Kier molecular flexibility index (Phi) is 4.56. The van der Waals surface area contributed by atoms with Crippen LogP contribution in [0.3, 0.4) is 0 Å². The number of sulfonamides is 1. The van der Waals surface area contributed by atoms with Crippen LogP contribution < -0.4 is 0 Å². The fourth-order valence-corrected chi connectivity index (χ4v) is 2.56. The Balaban J connectivity index is 3.45. The normalized spacial score (nSPS) is 11.8. The molecule has 0 radical (unpaired) electrons. The number of halogens is 2. The quantitative estimate of drug-likeness (QED) is 0.813. The molecule has 1 rings (SSSR count). The van der Waals surface area contributed by atoms with E-state index in [2.05, 4.69) is 0 Å². The average molecular weight is 295 g/mol. The molecule has 1 aromatic rings. The monoisotopic (exact) mass is 295 g/mol. The van der Waals surface area contributed by atoms with E-state index in [9.17, 15) is 22.0 Å². The third-order valence-corrected chi connectivity index (χ3v) is 4.20. The van der Waals surface area contributed by atoms with Crippen LogP contribution in [0.1, 0.15) is 10.4 Å². The minimum atomic E-state index is -4.42. The Labute approximate surface area is 107 Å². The first-order valence-corrected chi connectivity index (χ1v) is 6.45. The number of benzene rings is 1. The molecule has 106 valence electrons. The molecule has 0 aliphatic rings. The van der Waals surface area contributed by atoms with Crippen molar-refractivity contribution in [2.45, 2.75) is 4.90 Å². The van der Waals surface area contributed by atoms with Gasteiger partial charge in [-0.25, -0.2) is 22.0 Å². The second-order valence-corrected chi connectivity index (χ2v) is 5.64. The van der Waals surface area contributed by atoms with Gasteiger partial charge in [-0.05, 0) is 12.1 Å². The molecule has 1 aromatic carbocycles. The van der Waals surface area contributed by atoms with Gasteiger partial charge in [-0.2, -0.15) is 4.31 Å². The summed E-state index contributed by atoms with van der Waals surface area (Å²) in [4.78, 5) is 9.62. The second kappa shape index (κ2) is 5.59. The number of likely N-dealkylation sites (N-methyl/N-ethyl adjacent to an activating group) is 1. The van der Waals surface area contributed by atoms with Crippen LogP contribution >= 0.6 is 0 Å². The molecule has 0 unspecified atom stereocenters. The van der Waals surface area contributed by atoms with Crippen LogP contribution in [0.4, 0.5) is 8.78 Å². The average Bonchev–Trinajstić information content (AvgIpc) is 2.32. The highest BCUT2D eigenvalue weighted by atomic mass is 32.2. The van der Waals surface area contributed by atoms with Crippen molar-refractivity contribution >= 4 is 16.0 Å². The van der Waals surface area contributed by atoms with Gasteiger partial charge in [-0.15, -0.1) is 0 Å². The molecular formula is C10H11F2NO5S. The maximum atomic E-state index is 13.5. The molecule has 0 aromatic heterocycles. The number of nitrogens with zero attached hydrogens (tertiary/aromatic N) is 1. The number of aliphatic hydroxyl groups excluding tert-OH is 1. The Bertz CT molecular complexity index is 602. The van der Waals surface area contributed by atoms with Crippen molar-refractivity contribution in [1.82, 2.24) is 4.31 Å². The summed E-state index contributed by atoms with van der Waals surface area (Å²) < 4.78 is 51.1. The predicted molar refractivity (Wildman–Crippen MR) is 60.2 cm³/mol. The lowest BCUT2D eigenvalue weighted by Gasteiger charge is -2.16. The highest BCUT2D eigenvalue weighted by molar-refractivity contribution is 7.89. The fourth-order valence-electron chi connectivity index (χ4n) is 1.30. The molecule has 0 bridgehead atoms. The van der Waals surface area contributed by atoms with Gasteiger partial charge in [0.05, 0.1) is 12.2 Å². The summed E-state index contributed by atoms with van der Waals surface area (Å²) in [6.45, 7) is -0.848. The van der Waals surface area contributed by atoms with Crippen LogP contribution in [0.25, 0.3) is 0 Å². The largest absolute Gasteiger partial charge is 0.478 e. The van der Waals surface area contributed by atoms with Gasteiger partial charge in [0.15, 0.2) is 11.6 Å². The summed E-state index contributed by atoms with van der Waals surface area (Å²) in [7, 11) is -3.36. The third kappa shape index (κ3) is 3.06. The lowest BCUT2D eigenvalue weighted by Crippen LogP contribution is -2.30. The van der Waals surface area contributed by atoms with Crippen molar-refractivity contribution in [1.29, 1.82) is 0 Å². The first-order valence-electron chi connectivity index (χ1n) is 5.01. The summed E-state index contributed by atoms with van der Waals surface area (Å²) in [5.41, 5.74) is -0.685. The maximum Gasteiger partial charge on any atom is 0.335 e. The fraction of sp³-hybridized carbons (Fsp3) is 0.300. The minimum Gasteiger partial charge on any atom is -0.478 e. The summed E-state index contributed by atoms with van der Waals surface area (Å²) in [5, 5.41) is 17.3. The Morgan fingerprint density at radius 3 is 2.42 bits per heavy atom. The third-order valence-electron chi connectivity index (χ3n) is 2.34. The topological polar surface area (TPSA) is 94.9 Å². The van der Waals surface area contributed by atoms with Gasteiger partial charge in [0.1, 0.15) is 4.90 Å². The van der Waals surface area contributed by atoms with E-state index in [0.717, 1.165) is 7.05 Å². The molecule has 6 nitrogen and oxygen atoms in total. The highest BCUT2D eigenvalue weighted by Crippen LogP contribution is 2.22. The van der Waals surface area contributed by atoms with Crippen LogP contribution in [0.2, 0.25) is 0 Å². The second-order valence-electron chi connectivity index (χ2n) is 3.63. The summed E-state index contributed by atoms with van der Waals surface area (Å²) in [6.07, 6.45) is 0. The van der Waals surface area contributed by atoms with Crippen LogP contribution in [0, 0.1) is 11.6 Å². The van der Waals surface area contributed by atoms with E-state index in [-0.39, 0.29) is 6.54 Å². The molecule has 0 saturated carbocycles. The zero-order valence-corrected chi connectivity index (χ0v) is 10.6. The molecule has 0 fully saturated rings. The molecule has 19 heavy (non-hydrogen) atoms. The van der Waals surface area contributed by atoms with E-state index in [1.165, 1.54) is 0 Å². The van der Waals surface area contributed by atoms with Crippen LogP contribution in [-0.4, -0.2) is 49.1 Å². The molecule has 0 saturated heterocycles. The Hall–Kier alpha value is -1.58. The van der Waals surface area contributed by atoms with Crippen molar-refractivity contribution < 1.29 is 32.2 Å².